The number of benzene rings is 1. The maximum Gasteiger partial charge on any atom is 0.407 e. The van der Waals surface area contributed by atoms with Gasteiger partial charge < -0.3 is 24.8 Å². The van der Waals surface area contributed by atoms with Crippen molar-refractivity contribution in [1.82, 2.24) is 10.3 Å². The number of aromatic nitrogens is 1. The van der Waals surface area contributed by atoms with Gasteiger partial charge >= 0.3 is 6.09 Å². The number of aliphatic hydroxyl groups excluding tert-OH is 1. The molecule has 1 amide bonds. The molecule has 0 saturated carbocycles. The summed E-state index contributed by atoms with van der Waals surface area (Å²) in [6.07, 6.45) is 1.52. The minimum Gasteiger partial charge on any atom is -0.494 e. The summed E-state index contributed by atoms with van der Waals surface area (Å²) in [5.41, 5.74) is 1.62. The van der Waals surface area contributed by atoms with E-state index in [1.54, 1.807) is 39.1 Å². The number of methoxy groups -OCH3 is 1. The first-order chi connectivity index (χ1) is 15.6. The molecular weight excluding hydrogens is 432 g/mol. The molecule has 0 unspecified atom stereocenters. The number of anilines is 1. The van der Waals surface area contributed by atoms with E-state index in [4.69, 9.17) is 9.47 Å². The zero-order valence-corrected chi connectivity index (χ0v) is 19.4. The van der Waals surface area contributed by atoms with Crippen LogP contribution in [0.5, 0.6) is 5.75 Å². The van der Waals surface area contributed by atoms with Crippen LogP contribution in [0.25, 0.3) is 11.3 Å². The average Bonchev–Trinajstić information content (AvgIpc) is 2.76. The van der Waals surface area contributed by atoms with Crippen LogP contribution in [0, 0.1) is 11.7 Å². The van der Waals surface area contributed by atoms with Crippen molar-refractivity contribution in [3.63, 3.8) is 0 Å². The Balaban J connectivity index is 1.83. The van der Waals surface area contributed by atoms with Crippen LogP contribution in [0.4, 0.5) is 19.3 Å². The smallest absolute Gasteiger partial charge is 0.407 e. The Kier molecular flexibility index (Phi) is 7.73. The fourth-order valence-corrected chi connectivity index (χ4v) is 3.98. The van der Waals surface area contributed by atoms with E-state index in [0.29, 0.717) is 42.0 Å². The monoisotopic (exact) mass is 463 g/mol. The van der Waals surface area contributed by atoms with Gasteiger partial charge in [0.1, 0.15) is 5.60 Å². The van der Waals surface area contributed by atoms with Gasteiger partial charge in [0.25, 0.3) is 0 Å². The van der Waals surface area contributed by atoms with Crippen molar-refractivity contribution in [3.05, 3.63) is 41.8 Å². The predicted octanol–water partition coefficient (Wildman–Crippen LogP) is 4.08. The highest BCUT2D eigenvalue weighted by Gasteiger charge is 2.31. The zero-order valence-electron chi connectivity index (χ0n) is 19.4. The van der Waals surface area contributed by atoms with Crippen LogP contribution < -0.4 is 15.0 Å². The molecule has 2 N–H and O–H groups in total. The molecule has 2 atom stereocenters. The molecule has 7 nitrogen and oxygen atoms in total. The fraction of sp³-hybridized carbons (Fsp3) is 0.500. The van der Waals surface area contributed by atoms with E-state index in [1.807, 2.05) is 4.90 Å². The number of hydrogen-bond donors (Lipinski definition) is 2. The number of aliphatic hydroxyl groups is 1. The lowest BCUT2D eigenvalue weighted by Gasteiger charge is -2.39. The van der Waals surface area contributed by atoms with Gasteiger partial charge in [-0.2, -0.15) is 0 Å². The quantitative estimate of drug-likeness (QED) is 0.672. The third-order valence-corrected chi connectivity index (χ3v) is 5.40. The van der Waals surface area contributed by atoms with Gasteiger partial charge in [-0.05, 0) is 51.5 Å². The summed E-state index contributed by atoms with van der Waals surface area (Å²) >= 11 is 0. The second-order valence-electron chi connectivity index (χ2n) is 9.21. The van der Waals surface area contributed by atoms with Gasteiger partial charge in [-0.15, -0.1) is 0 Å². The van der Waals surface area contributed by atoms with Crippen molar-refractivity contribution in [3.8, 4) is 17.0 Å². The van der Waals surface area contributed by atoms with Gasteiger partial charge in [-0.25, -0.2) is 9.18 Å². The van der Waals surface area contributed by atoms with Crippen molar-refractivity contribution in [2.24, 2.45) is 5.92 Å². The van der Waals surface area contributed by atoms with Gasteiger partial charge in [0.15, 0.2) is 11.6 Å². The Labute approximate surface area is 192 Å². The van der Waals surface area contributed by atoms with Crippen LogP contribution in [0.1, 0.15) is 32.8 Å². The first-order valence-corrected chi connectivity index (χ1v) is 10.9. The summed E-state index contributed by atoms with van der Waals surface area (Å²) < 4.78 is 38.1. The largest absolute Gasteiger partial charge is 0.494 e. The predicted molar refractivity (Wildman–Crippen MR) is 122 cm³/mol. The summed E-state index contributed by atoms with van der Waals surface area (Å²) in [6, 6.07) is 5.89. The third kappa shape index (κ3) is 6.31. The molecule has 3 rings (SSSR count). The Hall–Kier alpha value is -2.94. The van der Waals surface area contributed by atoms with Gasteiger partial charge in [0.05, 0.1) is 44.0 Å². The number of nitrogens with one attached hydrogen (secondary N) is 1. The van der Waals surface area contributed by atoms with Crippen molar-refractivity contribution in [2.45, 2.75) is 45.4 Å². The lowest BCUT2D eigenvalue weighted by Crippen LogP contribution is -2.52. The number of rotatable bonds is 6. The summed E-state index contributed by atoms with van der Waals surface area (Å²) in [4.78, 5) is 18.6. The Morgan fingerprint density at radius 2 is 2.06 bits per heavy atom. The molecule has 33 heavy (non-hydrogen) atoms. The van der Waals surface area contributed by atoms with Crippen LogP contribution in [0.2, 0.25) is 0 Å². The number of alkyl halides is 1. The minimum atomic E-state index is -0.636. The van der Waals surface area contributed by atoms with E-state index < -0.39 is 24.2 Å². The Morgan fingerprint density at radius 1 is 1.30 bits per heavy atom. The SMILES string of the molecule is COc1ccc(-c2cc(CO)c(N3C[C@H](CF)C[C@@H](NC(=O)OC(C)(C)C)C3)cn2)cc1F. The molecular formula is C24H31F2N3O4. The molecule has 1 aliphatic rings. The lowest BCUT2D eigenvalue weighted by atomic mass is 9.94. The zero-order chi connectivity index (χ0) is 24.2. The summed E-state index contributed by atoms with van der Waals surface area (Å²) in [5, 5.41) is 12.8. The average molecular weight is 464 g/mol. The van der Waals surface area contributed by atoms with E-state index in [0.717, 1.165) is 0 Å². The molecule has 0 spiro atoms. The van der Waals surface area contributed by atoms with Gasteiger partial charge in [-0.1, -0.05) is 0 Å². The Morgan fingerprint density at radius 3 is 2.67 bits per heavy atom. The number of amides is 1. The molecule has 0 bridgehead atoms. The second kappa shape index (κ2) is 10.3. The maximum atomic E-state index is 14.1. The highest BCUT2D eigenvalue weighted by Crippen LogP contribution is 2.31. The number of nitrogens with zero attached hydrogens (tertiary/aromatic N) is 2. The van der Waals surface area contributed by atoms with Crippen LogP contribution in [0.3, 0.4) is 0 Å². The summed E-state index contributed by atoms with van der Waals surface area (Å²) in [7, 11) is 1.39. The molecule has 1 aromatic heterocycles. The van der Waals surface area contributed by atoms with Crippen LogP contribution >= 0.6 is 0 Å². The van der Waals surface area contributed by atoms with E-state index >= 15 is 0 Å². The number of hydrogen-bond acceptors (Lipinski definition) is 6. The molecule has 0 radical (unpaired) electrons. The molecule has 0 aliphatic carbocycles. The number of ether oxygens (including phenoxy) is 2. The normalized spacial score (nSPS) is 18.7. The number of pyridine rings is 1. The molecule has 1 saturated heterocycles. The van der Waals surface area contributed by atoms with Gasteiger partial charge in [0.2, 0.25) is 0 Å². The van der Waals surface area contributed by atoms with E-state index in [2.05, 4.69) is 10.3 Å². The third-order valence-electron chi connectivity index (χ3n) is 5.40. The molecule has 1 aromatic carbocycles. The molecule has 180 valence electrons. The molecule has 1 aliphatic heterocycles. The van der Waals surface area contributed by atoms with E-state index in [-0.39, 0.29) is 24.3 Å². The second-order valence-corrected chi connectivity index (χ2v) is 9.21. The van der Waals surface area contributed by atoms with Crippen molar-refractivity contribution in [2.75, 3.05) is 31.8 Å². The summed E-state index contributed by atoms with van der Waals surface area (Å²) in [5.74, 6) is -0.670. The van der Waals surface area contributed by atoms with Crippen molar-refractivity contribution >= 4 is 11.8 Å². The van der Waals surface area contributed by atoms with Crippen molar-refractivity contribution < 1.29 is 28.2 Å². The van der Waals surface area contributed by atoms with Crippen LogP contribution in [-0.2, 0) is 11.3 Å². The maximum absolute atomic E-state index is 14.1. The number of alkyl carbamates (subject to hydrolysis) is 1. The van der Waals surface area contributed by atoms with Gasteiger partial charge in [0, 0.05) is 30.1 Å². The molecule has 2 heterocycles. The minimum absolute atomic E-state index is 0.131. The highest BCUT2D eigenvalue weighted by atomic mass is 19.1. The van der Waals surface area contributed by atoms with Crippen LogP contribution in [-0.4, -0.2) is 54.7 Å². The number of piperidine rings is 1. The number of carbonyl (C=O) groups is 1. The van der Waals surface area contributed by atoms with E-state index in [9.17, 15) is 18.7 Å². The van der Waals surface area contributed by atoms with Gasteiger partial charge in [-0.3, -0.25) is 9.37 Å². The Bertz CT molecular complexity index is 981. The topological polar surface area (TPSA) is 83.9 Å². The lowest BCUT2D eigenvalue weighted by molar-refractivity contribution is 0.0491. The fourth-order valence-electron chi connectivity index (χ4n) is 3.98. The molecule has 2 aromatic rings. The van der Waals surface area contributed by atoms with Crippen LogP contribution in [0.15, 0.2) is 30.5 Å². The number of halogens is 2. The standard InChI is InChI=1S/C24H31F2N3O4/c1-24(2,3)33-23(31)28-18-7-15(10-25)12-29(13-18)21-11-27-20(9-17(21)14-30)16-5-6-22(32-4)19(26)8-16/h5-6,8-9,11,15,18,30H,7,10,12-14H2,1-4H3,(H,28,31)/t15-,18+/m0/s1. The number of carbonyl (C=O) groups excluding carboxylic acids is 1. The summed E-state index contributed by atoms with van der Waals surface area (Å²) in [6.45, 7) is 5.37. The highest BCUT2D eigenvalue weighted by molar-refractivity contribution is 5.69. The molecule has 1 fully saturated rings. The van der Waals surface area contributed by atoms with E-state index in [1.165, 1.54) is 19.2 Å². The first-order valence-electron chi connectivity index (χ1n) is 10.9. The van der Waals surface area contributed by atoms with Crippen molar-refractivity contribution in [1.29, 1.82) is 0 Å². The first kappa shape index (κ1) is 24.7. The molecule has 9 heteroatoms.